The second kappa shape index (κ2) is 10.2. The molecule has 0 aliphatic carbocycles. The molecular weight excluding hydrogens is 426 g/mol. The van der Waals surface area contributed by atoms with E-state index in [0.29, 0.717) is 17.1 Å². The van der Waals surface area contributed by atoms with Gasteiger partial charge in [-0.2, -0.15) is 0 Å². The Kier molecular flexibility index (Phi) is 7.40. The highest BCUT2D eigenvalue weighted by Crippen LogP contribution is 2.36. The fourth-order valence-electron chi connectivity index (χ4n) is 3.03. The molecule has 0 amide bonds. The highest BCUT2D eigenvalue weighted by Gasteiger charge is 2.47. The molecule has 0 radical (unpaired) electrons. The average Bonchev–Trinajstić information content (AvgIpc) is 2.72. The van der Waals surface area contributed by atoms with Crippen molar-refractivity contribution in [3.05, 3.63) is 36.9 Å². The van der Waals surface area contributed by atoms with E-state index in [9.17, 15) is 14.4 Å². The number of hydrogen-bond acceptors (Lipinski definition) is 11. The summed E-state index contributed by atoms with van der Waals surface area (Å²) in [5, 5.41) is 0. The molecule has 0 aromatic carbocycles. The van der Waals surface area contributed by atoms with Gasteiger partial charge in [0, 0.05) is 45.1 Å². The molecule has 1 fully saturated rings. The predicted molar refractivity (Wildman–Crippen MR) is 109 cm³/mol. The number of thioether (sulfide) groups is 1. The number of hydrogen-bond donors (Lipinski definition) is 0. The quantitative estimate of drug-likeness (QED) is 0.475. The minimum absolute atomic E-state index is 0.265. The molecule has 4 atom stereocenters. The summed E-state index contributed by atoms with van der Waals surface area (Å²) in [6.45, 7) is 3.71. The van der Waals surface area contributed by atoms with Gasteiger partial charge in [-0.1, -0.05) is 0 Å². The predicted octanol–water partition coefficient (Wildman–Crippen LogP) is 1.79. The van der Waals surface area contributed by atoms with Gasteiger partial charge < -0.3 is 18.9 Å². The fraction of sp³-hybridized carbons (Fsp3) is 0.400. The summed E-state index contributed by atoms with van der Waals surface area (Å²) in [4.78, 5) is 47.6. The second-order valence-corrected chi connectivity index (χ2v) is 7.69. The number of nitrogens with zero attached hydrogens (tertiary/aromatic N) is 3. The smallest absolute Gasteiger partial charge is 0.303 e. The Balaban J connectivity index is 1.92. The summed E-state index contributed by atoms with van der Waals surface area (Å²) in [5.74, 6) is -1.10. The molecule has 0 bridgehead atoms. The van der Waals surface area contributed by atoms with Gasteiger partial charge in [0.05, 0.1) is 6.20 Å². The maximum Gasteiger partial charge on any atom is 0.303 e. The normalized spacial score (nSPS) is 22.8. The average molecular weight is 447 g/mol. The summed E-state index contributed by atoms with van der Waals surface area (Å²) in [6.07, 6.45) is 3.35. The van der Waals surface area contributed by atoms with Crippen molar-refractivity contribution in [1.82, 2.24) is 15.0 Å². The van der Waals surface area contributed by atoms with Crippen molar-refractivity contribution in [2.24, 2.45) is 0 Å². The Labute approximate surface area is 182 Å². The fourth-order valence-corrected chi connectivity index (χ4v) is 4.24. The van der Waals surface area contributed by atoms with Crippen molar-refractivity contribution < 1.29 is 33.3 Å². The molecule has 1 aliphatic heterocycles. The van der Waals surface area contributed by atoms with Gasteiger partial charge in [-0.05, 0) is 12.1 Å². The van der Waals surface area contributed by atoms with E-state index in [1.807, 2.05) is 0 Å². The molecule has 2 aromatic heterocycles. The van der Waals surface area contributed by atoms with Gasteiger partial charge in [0.15, 0.2) is 23.7 Å². The number of pyridine rings is 1. The third-order valence-electron chi connectivity index (χ3n) is 4.12. The largest absolute Gasteiger partial charge is 0.473 e. The summed E-state index contributed by atoms with van der Waals surface area (Å²) >= 11 is 1.26. The lowest BCUT2D eigenvalue weighted by Gasteiger charge is -2.40. The molecular formula is C20H21N3O7S. The van der Waals surface area contributed by atoms with E-state index in [1.165, 1.54) is 38.7 Å². The molecule has 1 aliphatic rings. The van der Waals surface area contributed by atoms with Gasteiger partial charge >= 0.3 is 17.9 Å². The van der Waals surface area contributed by atoms with Gasteiger partial charge in [-0.3, -0.25) is 29.3 Å². The topological polar surface area (TPSA) is 127 Å². The van der Waals surface area contributed by atoms with Crippen LogP contribution < -0.4 is 4.74 Å². The van der Waals surface area contributed by atoms with E-state index < -0.39 is 41.7 Å². The highest BCUT2D eigenvalue weighted by atomic mass is 32.2. The Morgan fingerprint density at radius 1 is 0.935 bits per heavy atom. The number of carbonyl (C=O) groups excluding carboxylic acids is 3. The van der Waals surface area contributed by atoms with Gasteiger partial charge in [0.25, 0.3) is 0 Å². The Morgan fingerprint density at radius 2 is 1.65 bits per heavy atom. The Morgan fingerprint density at radius 3 is 2.29 bits per heavy atom. The number of ether oxygens (including phenoxy) is 4. The Bertz CT molecular complexity index is 943. The first-order chi connectivity index (χ1) is 14.8. The SMILES string of the molecule is CC(=O)O[C@@H]1[C@@H](OC(C)=O)[C@H](OC(C)=O)CS[C@H]1Oc1cccnc1-c1cnccn1. The highest BCUT2D eigenvalue weighted by molar-refractivity contribution is 7.99. The van der Waals surface area contributed by atoms with Gasteiger partial charge in [0.2, 0.25) is 0 Å². The minimum Gasteiger partial charge on any atom is -0.473 e. The summed E-state index contributed by atoms with van der Waals surface area (Å²) < 4.78 is 22.3. The van der Waals surface area contributed by atoms with Crippen molar-refractivity contribution in [3.8, 4) is 17.1 Å². The molecule has 0 N–H and O–H groups in total. The van der Waals surface area contributed by atoms with Crippen molar-refractivity contribution in [2.45, 2.75) is 44.5 Å². The number of rotatable bonds is 6. The number of esters is 3. The third-order valence-corrected chi connectivity index (χ3v) is 5.34. The maximum absolute atomic E-state index is 11.8. The van der Waals surface area contributed by atoms with Crippen LogP contribution in [0, 0.1) is 0 Å². The molecule has 0 spiro atoms. The molecule has 3 heterocycles. The number of carbonyl (C=O) groups is 3. The zero-order valence-electron chi connectivity index (χ0n) is 17.1. The first-order valence-electron chi connectivity index (χ1n) is 9.36. The van der Waals surface area contributed by atoms with Crippen molar-refractivity contribution in [3.63, 3.8) is 0 Å². The summed E-state index contributed by atoms with van der Waals surface area (Å²) in [5.41, 5.74) is 0.181. The van der Waals surface area contributed by atoms with Crippen LogP contribution in [-0.2, 0) is 28.6 Å². The van der Waals surface area contributed by atoms with Gasteiger partial charge in [0.1, 0.15) is 17.1 Å². The van der Waals surface area contributed by atoms with E-state index in [4.69, 9.17) is 18.9 Å². The summed E-state index contributed by atoms with van der Waals surface area (Å²) in [6, 6.07) is 3.39. The zero-order chi connectivity index (χ0) is 22.4. The lowest BCUT2D eigenvalue weighted by molar-refractivity contribution is -0.186. The first kappa shape index (κ1) is 22.5. The van der Waals surface area contributed by atoms with E-state index in [0.717, 1.165) is 0 Å². The molecule has 3 rings (SSSR count). The van der Waals surface area contributed by atoms with Crippen LogP contribution in [0.15, 0.2) is 36.9 Å². The van der Waals surface area contributed by atoms with Crippen molar-refractivity contribution in [2.75, 3.05) is 5.75 Å². The van der Waals surface area contributed by atoms with Crippen molar-refractivity contribution in [1.29, 1.82) is 0 Å². The van der Waals surface area contributed by atoms with Crippen LogP contribution in [0.3, 0.4) is 0 Å². The van der Waals surface area contributed by atoms with Gasteiger partial charge in [-0.15, -0.1) is 11.8 Å². The van der Waals surface area contributed by atoms with E-state index in [-0.39, 0.29) is 5.75 Å². The van der Waals surface area contributed by atoms with Crippen LogP contribution >= 0.6 is 11.8 Å². The standard InChI is InChI=1S/C20H21N3O7S/c1-11(24)27-16-10-31-20(19(29-13(3)26)18(16)28-12(2)25)30-15-5-4-6-23-17(15)14-9-21-7-8-22-14/h4-9,16,18-20H,10H2,1-3H3/t16-,18+,19-,20-/m1/s1. The van der Waals surface area contributed by atoms with Crippen molar-refractivity contribution >= 4 is 29.7 Å². The van der Waals surface area contributed by atoms with Crippen LogP contribution in [0.4, 0.5) is 0 Å². The third kappa shape index (κ3) is 5.91. The summed E-state index contributed by atoms with van der Waals surface area (Å²) in [7, 11) is 0. The number of aromatic nitrogens is 3. The molecule has 164 valence electrons. The monoisotopic (exact) mass is 447 g/mol. The Hall–Kier alpha value is -3.21. The second-order valence-electron chi connectivity index (χ2n) is 6.56. The van der Waals surface area contributed by atoms with E-state index in [1.54, 1.807) is 30.7 Å². The molecule has 1 saturated heterocycles. The molecule has 0 unspecified atom stereocenters. The van der Waals surface area contributed by atoms with Crippen LogP contribution in [0.5, 0.6) is 5.75 Å². The van der Waals surface area contributed by atoms with E-state index in [2.05, 4.69) is 15.0 Å². The van der Waals surface area contributed by atoms with Gasteiger partial charge in [-0.25, -0.2) is 0 Å². The van der Waals surface area contributed by atoms with Crippen LogP contribution in [0.2, 0.25) is 0 Å². The molecule has 0 saturated carbocycles. The maximum atomic E-state index is 11.8. The zero-order valence-corrected chi connectivity index (χ0v) is 17.9. The van der Waals surface area contributed by atoms with Crippen LogP contribution in [0.25, 0.3) is 11.4 Å². The van der Waals surface area contributed by atoms with E-state index >= 15 is 0 Å². The molecule has 10 nitrogen and oxygen atoms in total. The molecule has 2 aromatic rings. The first-order valence-corrected chi connectivity index (χ1v) is 10.4. The van der Waals surface area contributed by atoms with Crippen LogP contribution in [-0.4, -0.2) is 62.4 Å². The lowest BCUT2D eigenvalue weighted by Crippen LogP contribution is -2.55. The molecule has 31 heavy (non-hydrogen) atoms. The molecule has 11 heteroatoms. The minimum atomic E-state index is -1.03. The lowest BCUT2D eigenvalue weighted by atomic mass is 10.1. The van der Waals surface area contributed by atoms with Crippen LogP contribution in [0.1, 0.15) is 20.8 Å².